The Hall–Kier alpha value is -3.40. The van der Waals surface area contributed by atoms with Crippen LogP contribution in [0.15, 0.2) is 48.5 Å². The summed E-state index contributed by atoms with van der Waals surface area (Å²) < 4.78 is 37.8. The van der Waals surface area contributed by atoms with E-state index in [0.717, 1.165) is 81.8 Å². The van der Waals surface area contributed by atoms with Crippen LogP contribution in [0.25, 0.3) is 0 Å². The van der Waals surface area contributed by atoms with Gasteiger partial charge in [0.25, 0.3) is 5.91 Å². The van der Waals surface area contributed by atoms with E-state index < -0.39 is 12.1 Å². The normalized spacial score (nSPS) is 16.9. The molecule has 1 spiro atoms. The van der Waals surface area contributed by atoms with Crippen LogP contribution < -0.4 is 4.74 Å². The summed E-state index contributed by atoms with van der Waals surface area (Å²) in [5.74, 6) is -1.13. The Balaban J connectivity index is 0.000000559. The molecule has 0 bridgehead atoms. The zero-order chi connectivity index (χ0) is 29.3. The molecule has 10 heteroatoms. The monoisotopic (exact) mass is 562 g/mol. The molecule has 0 aliphatic carbocycles. The summed E-state index contributed by atoms with van der Waals surface area (Å²) in [6, 6.07) is 15.9. The first-order chi connectivity index (χ1) is 18.9. The molecule has 0 unspecified atom stereocenters. The fraction of sp³-hybridized carbons (Fsp3) is 0.500. The first kappa shape index (κ1) is 31.1. The Morgan fingerprint density at radius 2 is 1.62 bits per heavy atom. The first-order valence-electron chi connectivity index (χ1n) is 13.5. The van der Waals surface area contributed by atoms with E-state index in [1.807, 2.05) is 35.2 Å². The van der Waals surface area contributed by atoms with Crippen LogP contribution >= 0.6 is 0 Å². The van der Waals surface area contributed by atoms with Crippen LogP contribution in [-0.2, 0) is 22.6 Å². The van der Waals surface area contributed by atoms with Crippen LogP contribution in [0.1, 0.15) is 54.6 Å². The van der Waals surface area contributed by atoms with Crippen molar-refractivity contribution in [3.05, 3.63) is 65.2 Å². The molecule has 4 rings (SSSR count). The minimum Gasteiger partial charge on any atom is -0.493 e. The molecule has 218 valence electrons. The Kier molecular flexibility index (Phi) is 10.7. The number of rotatable bonds is 8. The number of aliphatic carboxylic acids is 1. The zero-order valence-electron chi connectivity index (χ0n) is 23.0. The van der Waals surface area contributed by atoms with E-state index in [9.17, 15) is 22.8 Å². The third-order valence-corrected chi connectivity index (χ3v) is 7.34. The van der Waals surface area contributed by atoms with Crippen LogP contribution in [0.3, 0.4) is 0 Å². The van der Waals surface area contributed by atoms with Crippen molar-refractivity contribution < 1.29 is 37.4 Å². The van der Waals surface area contributed by atoms with Gasteiger partial charge >= 0.3 is 12.1 Å². The van der Waals surface area contributed by atoms with E-state index in [1.54, 1.807) is 0 Å². The Bertz CT molecular complexity index is 1140. The quantitative estimate of drug-likeness (QED) is 0.444. The molecule has 2 saturated heterocycles. The maximum Gasteiger partial charge on any atom is 0.490 e. The van der Waals surface area contributed by atoms with E-state index in [-0.39, 0.29) is 11.3 Å². The lowest BCUT2D eigenvalue weighted by molar-refractivity contribution is -0.192. The molecule has 0 aromatic heterocycles. The van der Waals surface area contributed by atoms with Crippen molar-refractivity contribution in [1.82, 2.24) is 9.80 Å². The number of para-hydroxylation sites is 1. The number of benzene rings is 2. The van der Waals surface area contributed by atoms with Gasteiger partial charge in [0.1, 0.15) is 12.0 Å². The van der Waals surface area contributed by atoms with Crippen molar-refractivity contribution in [1.29, 1.82) is 0 Å². The number of alkyl halides is 3. The van der Waals surface area contributed by atoms with Crippen molar-refractivity contribution in [3.8, 4) is 5.75 Å². The fourth-order valence-corrected chi connectivity index (χ4v) is 5.04. The second-order valence-corrected chi connectivity index (χ2v) is 10.9. The lowest BCUT2D eigenvalue weighted by Crippen LogP contribution is -2.42. The summed E-state index contributed by atoms with van der Waals surface area (Å²) in [6.07, 6.45) is -0.450. The molecule has 0 atom stereocenters. The van der Waals surface area contributed by atoms with Gasteiger partial charge < -0.3 is 19.5 Å². The molecule has 7 nitrogen and oxygen atoms in total. The number of aldehydes is 1. The number of carboxylic acid groups (broad SMARTS) is 1. The lowest BCUT2D eigenvalue weighted by Gasteiger charge is -2.39. The molecule has 2 aromatic carbocycles. The van der Waals surface area contributed by atoms with Gasteiger partial charge in [-0.15, -0.1) is 0 Å². The van der Waals surface area contributed by atoms with Gasteiger partial charge in [0, 0.05) is 37.2 Å². The molecule has 2 heterocycles. The largest absolute Gasteiger partial charge is 0.493 e. The molecule has 2 aromatic rings. The maximum absolute atomic E-state index is 13.0. The van der Waals surface area contributed by atoms with E-state index in [0.29, 0.717) is 12.3 Å². The number of carboxylic acids is 1. The van der Waals surface area contributed by atoms with E-state index in [2.05, 4.69) is 36.9 Å². The third-order valence-electron chi connectivity index (χ3n) is 7.34. The molecule has 40 heavy (non-hydrogen) atoms. The molecule has 2 aliphatic rings. The highest BCUT2D eigenvalue weighted by atomic mass is 19.4. The molecular weight excluding hydrogens is 525 g/mol. The van der Waals surface area contributed by atoms with Crippen LogP contribution in [0.2, 0.25) is 0 Å². The van der Waals surface area contributed by atoms with E-state index >= 15 is 0 Å². The highest BCUT2D eigenvalue weighted by Gasteiger charge is 2.42. The summed E-state index contributed by atoms with van der Waals surface area (Å²) in [6.45, 7) is 9.80. The van der Waals surface area contributed by atoms with Crippen LogP contribution in [-0.4, -0.2) is 72.0 Å². The SMILES string of the molecule is CC(C)COc1ccccc1CN1CCC2(CC1)CCN(C(=O)c1ccc(CC=O)cc1)C2.O=C(O)C(F)(F)F. The topological polar surface area (TPSA) is 87.2 Å². The smallest absolute Gasteiger partial charge is 0.490 e. The summed E-state index contributed by atoms with van der Waals surface area (Å²) in [5.41, 5.74) is 3.17. The van der Waals surface area contributed by atoms with Crippen molar-refractivity contribution in [3.63, 3.8) is 0 Å². The number of hydrogen-bond acceptors (Lipinski definition) is 5. The summed E-state index contributed by atoms with van der Waals surface area (Å²) in [7, 11) is 0. The van der Waals surface area contributed by atoms with E-state index in [4.69, 9.17) is 14.6 Å². The number of likely N-dealkylation sites (tertiary alicyclic amines) is 2. The minimum atomic E-state index is -5.08. The average molecular weight is 563 g/mol. The molecule has 0 saturated carbocycles. The van der Waals surface area contributed by atoms with Crippen molar-refractivity contribution in [2.75, 3.05) is 32.8 Å². The molecule has 1 amide bonds. The number of ether oxygens (including phenoxy) is 1. The lowest BCUT2D eigenvalue weighted by atomic mass is 9.77. The van der Waals surface area contributed by atoms with Gasteiger partial charge in [-0.2, -0.15) is 13.2 Å². The molecule has 2 aliphatic heterocycles. The Labute approximate surface area is 232 Å². The number of piperidine rings is 1. The van der Waals surface area contributed by atoms with Gasteiger partial charge in [-0.25, -0.2) is 4.79 Å². The molecular formula is C30H37F3N2O5. The van der Waals surface area contributed by atoms with Gasteiger partial charge in [-0.05, 0) is 67.4 Å². The molecule has 2 fully saturated rings. The van der Waals surface area contributed by atoms with Gasteiger partial charge in [-0.3, -0.25) is 9.69 Å². The van der Waals surface area contributed by atoms with Gasteiger partial charge in [0.15, 0.2) is 0 Å². The van der Waals surface area contributed by atoms with Crippen LogP contribution in [0.4, 0.5) is 13.2 Å². The summed E-state index contributed by atoms with van der Waals surface area (Å²) in [5, 5.41) is 7.12. The number of carbonyl (C=O) groups is 3. The van der Waals surface area contributed by atoms with Crippen LogP contribution in [0.5, 0.6) is 5.75 Å². The predicted molar refractivity (Wildman–Crippen MR) is 144 cm³/mol. The molecule has 1 N–H and O–H groups in total. The first-order valence-corrected chi connectivity index (χ1v) is 13.5. The van der Waals surface area contributed by atoms with Crippen molar-refractivity contribution >= 4 is 18.2 Å². The molecule has 0 radical (unpaired) electrons. The predicted octanol–water partition coefficient (Wildman–Crippen LogP) is 5.22. The number of carbonyl (C=O) groups excluding carboxylic acids is 2. The Morgan fingerprint density at radius 3 is 2.20 bits per heavy atom. The third kappa shape index (κ3) is 8.81. The number of hydrogen-bond donors (Lipinski definition) is 1. The van der Waals surface area contributed by atoms with E-state index in [1.165, 1.54) is 5.56 Å². The highest BCUT2D eigenvalue weighted by molar-refractivity contribution is 5.94. The fourth-order valence-electron chi connectivity index (χ4n) is 5.04. The van der Waals surface area contributed by atoms with Gasteiger partial charge in [0.2, 0.25) is 0 Å². The number of halogens is 3. The summed E-state index contributed by atoms with van der Waals surface area (Å²) >= 11 is 0. The summed E-state index contributed by atoms with van der Waals surface area (Å²) in [4.78, 5) is 37.2. The Morgan fingerprint density at radius 1 is 1.02 bits per heavy atom. The average Bonchev–Trinajstić information content (AvgIpc) is 3.33. The van der Waals surface area contributed by atoms with Crippen molar-refractivity contribution in [2.24, 2.45) is 11.3 Å². The number of nitrogens with zero attached hydrogens (tertiary/aromatic N) is 2. The second kappa shape index (κ2) is 13.8. The maximum atomic E-state index is 13.0. The van der Waals surface area contributed by atoms with Crippen LogP contribution in [0, 0.1) is 11.3 Å². The van der Waals surface area contributed by atoms with Gasteiger partial charge in [0.05, 0.1) is 6.61 Å². The number of amides is 1. The van der Waals surface area contributed by atoms with Crippen molar-refractivity contribution in [2.45, 2.75) is 52.3 Å². The second-order valence-electron chi connectivity index (χ2n) is 10.9. The standard InChI is InChI=1S/C28H36N2O3.C2HF3O2/c1-22(2)20-33-26-6-4-3-5-25(26)19-29-15-12-28(13-16-29)14-17-30(21-28)27(32)24-9-7-23(8-10-24)11-18-31;3-2(4,5)1(6)7/h3-10,18,22H,11-17,19-21H2,1-2H3;(H,6,7). The highest BCUT2D eigenvalue weighted by Crippen LogP contribution is 2.41. The minimum absolute atomic E-state index is 0.114. The van der Waals surface area contributed by atoms with Gasteiger partial charge in [-0.1, -0.05) is 44.2 Å². The zero-order valence-corrected chi connectivity index (χ0v) is 23.0.